The van der Waals surface area contributed by atoms with Crippen LogP contribution in [0.1, 0.15) is 0 Å². The zero-order chi connectivity index (χ0) is 20.2. The van der Waals surface area contributed by atoms with Gasteiger partial charge in [0.15, 0.2) is 0 Å². The van der Waals surface area contributed by atoms with E-state index in [4.69, 9.17) is 19.7 Å². The predicted octanol–water partition coefficient (Wildman–Crippen LogP) is 5.54. The van der Waals surface area contributed by atoms with Crippen LogP contribution in [0.2, 0.25) is 0 Å². The largest absolute Gasteiger partial charge is 0.394 e. The summed E-state index contributed by atoms with van der Waals surface area (Å²) in [7, 11) is 0. The van der Waals surface area contributed by atoms with Crippen LogP contribution in [0, 0.1) is 0 Å². The summed E-state index contributed by atoms with van der Waals surface area (Å²) in [5.41, 5.74) is 0. The number of aliphatic hydroxyl groups excluding tert-OH is 2. The minimum Gasteiger partial charge on any atom is -0.394 e. The van der Waals surface area contributed by atoms with Gasteiger partial charge < -0.3 is 19.7 Å². The molecule has 0 aromatic heterocycles. The van der Waals surface area contributed by atoms with Crippen molar-refractivity contribution in [2.45, 2.75) is 0 Å². The number of aliphatic hydroxyl groups is 2. The van der Waals surface area contributed by atoms with Gasteiger partial charge in [-0.3, -0.25) is 0 Å². The lowest BCUT2D eigenvalue weighted by Gasteiger charge is -2.05. The van der Waals surface area contributed by atoms with Crippen molar-refractivity contribution in [2.24, 2.45) is 0 Å². The fraction of sp³-hybridized carbons (Fsp3) is 0.625. The summed E-state index contributed by atoms with van der Waals surface area (Å²) in [6.07, 6.45) is 4.26. The summed E-state index contributed by atoms with van der Waals surface area (Å²) in [6, 6.07) is 0. The molecule has 0 aromatic rings. The quantitative estimate of drug-likeness (QED) is 0.274. The van der Waals surface area contributed by atoms with Gasteiger partial charge in [-0.1, -0.05) is 47.0 Å². The molecule has 2 rings (SSSR count). The van der Waals surface area contributed by atoms with Gasteiger partial charge in [-0.15, -0.1) is 47.0 Å². The smallest absolute Gasteiger partial charge is 0.0717 e. The van der Waals surface area contributed by atoms with Crippen LogP contribution in [0.25, 0.3) is 0 Å². The molecule has 2 heterocycles. The van der Waals surface area contributed by atoms with E-state index in [1.165, 1.54) is 25.4 Å². The molecular weight excluding hydrogens is 513 g/mol. The first kappa shape index (κ1) is 26.1. The maximum Gasteiger partial charge on any atom is 0.0717 e. The minimum atomic E-state index is 0.0808. The number of hydrogen-bond donors (Lipinski definition) is 2. The average Bonchev–Trinajstić information content (AvgIpc) is 3.31. The second kappa shape index (κ2) is 15.6. The molecule has 0 fully saturated rings. The van der Waals surface area contributed by atoms with E-state index < -0.39 is 0 Å². The lowest BCUT2D eigenvalue weighted by atomic mass is 10.7. The Bertz CT molecular complexity index is 543. The van der Waals surface area contributed by atoms with E-state index in [2.05, 4.69) is 12.5 Å². The van der Waals surface area contributed by atoms with E-state index in [1.807, 2.05) is 70.6 Å². The summed E-state index contributed by atoms with van der Waals surface area (Å²) in [5, 5.41) is 17.6. The topological polar surface area (TPSA) is 58.9 Å². The Balaban J connectivity index is 1.87. The van der Waals surface area contributed by atoms with Crippen molar-refractivity contribution in [2.75, 3.05) is 63.7 Å². The molecule has 0 atom stereocenters. The van der Waals surface area contributed by atoms with Gasteiger partial charge in [0, 0.05) is 11.5 Å². The Morgan fingerprint density at radius 1 is 0.643 bits per heavy atom. The summed E-state index contributed by atoms with van der Waals surface area (Å²) in [4.78, 5) is 0. The third kappa shape index (κ3) is 8.78. The Kier molecular flexibility index (Phi) is 14.6. The van der Waals surface area contributed by atoms with Gasteiger partial charge in [0.05, 0.1) is 65.1 Å². The number of thioether (sulfide) groups is 8. The first-order chi connectivity index (χ1) is 13.7. The molecule has 2 aliphatic rings. The maximum absolute atomic E-state index is 8.78. The fourth-order valence-corrected chi connectivity index (χ4v) is 12.9. The van der Waals surface area contributed by atoms with Gasteiger partial charge in [0.2, 0.25) is 0 Å². The van der Waals surface area contributed by atoms with Crippen LogP contribution in [0.5, 0.6) is 0 Å². The lowest BCUT2D eigenvalue weighted by molar-refractivity contribution is 0.103. The third-order valence-corrected chi connectivity index (χ3v) is 14.2. The van der Waals surface area contributed by atoms with E-state index in [9.17, 15) is 0 Å². The second-order valence-corrected chi connectivity index (χ2v) is 14.4. The van der Waals surface area contributed by atoms with Crippen molar-refractivity contribution in [1.82, 2.24) is 0 Å². The minimum absolute atomic E-state index is 0.0808. The van der Waals surface area contributed by atoms with Gasteiger partial charge in [-0.2, -0.15) is 0 Å². The van der Waals surface area contributed by atoms with Crippen LogP contribution >= 0.6 is 94.1 Å². The van der Waals surface area contributed by atoms with E-state index in [0.717, 1.165) is 11.5 Å². The number of rotatable bonds is 14. The van der Waals surface area contributed by atoms with Gasteiger partial charge in [0.1, 0.15) is 0 Å². The Morgan fingerprint density at radius 2 is 1.04 bits per heavy atom. The summed E-state index contributed by atoms with van der Waals surface area (Å²) in [6.45, 7) is 2.31. The van der Waals surface area contributed by atoms with Crippen LogP contribution < -0.4 is 0 Å². The van der Waals surface area contributed by atoms with E-state index in [1.54, 1.807) is 23.5 Å². The molecule has 0 saturated heterocycles. The number of ether oxygens (including phenoxy) is 2. The third-order valence-electron chi connectivity index (χ3n) is 3.01. The van der Waals surface area contributed by atoms with Gasteiger partial charge in [0.25, 0.3) is 0 Å². The van der Waals surface area contributed by atoms with E-state index in [-0.39, 0.29) is 13.2 Å². The standard InChI is InChI=1S/C16H24O4S8/c1-21-11-13(23-9-7-19-5-3-17)27-15(25-11)16-26-12(22-2)14(28-16)24-10-8-20-6-4-18/h17-18H,3-10H2,1-2H3/b16-15+. The van der Waals surface area contributed by atoms with Crippen molar-refractivity contribution in [3.8, 4) is 0 Å². The van der Waals surface area contributed by atoms with Gasteiger partial charge >= 0.3 is 0 Å². The van der Waals surface area contributed by atoms with Gasteiger partial charge in [-0.05, 0) is 12.5 Å². The van der Waals surface area contributed by atoms with Crippen LogP contribution in [0.3, 0.4) is 0 Å². The van der Waals surface area contributed by atoms with Crippen LogP contribution in [0.4, 0.5) is 0 Å². The van der Waals surface area contributed by atoms with Gasteiger partial charge in [-0.25, -0.2) is 0 Å². The average molecular weight is 537 g/mol. The molecular formula is C16H24O4S8. The highest BCUT2D eigenvalue weighted by Gasteiger charge is 2.30. The fourth-order valence-electron chi connectivity index (χ4n) is 1.86. The zero-order valence-electron chi connectivity index (χ0n) is 15.6. The molecule has 0 spiro atoms. The molecule has 2 N–H and O–H groups in total. The lowest BCUT2D eigenvalue weighted by Crippen LogP contribution is -2.02. The van der Waals surface area contributed by atoms with E-state index >= 15 is 0 Å². The molecule has 4 nitrogen and oxygen atoms in total. The molecule has 0 saturated carbocycles. The highest BCUT2D eigenvalue weighted by molar-refractivity contribution is 8.45. The molecule has 0 unspecified atom stereocenters. The normalized spacial score (nSPS) is 20.1. The van der Waals surface area contributed by atoms with Crippen molar-refractivity contribution in [3.63, 3.8) is 0 Å². The summed E-state index contributed by atoms with van der Waals surface area (Å²) >= 11 is 14.8. The van der Waals surface area contributed by atoms with Crippen LogP contribution in [0.15, 0.2) is 25.4 Å². The highest BCUT2D eigenvalue weighted by Crippen LogP contribution is 2.65. The first-order valence-corrected chi connectivity index (χ1v) is 16.1. The van der Waals surface area contributed by atoms with Crippen molar-refractivity contribution < 1.29 is 19.7 Å². The predicted molar refractivity (Wildman–Crippen MR) is 139 cm³/mol. The molecule has 0 amide bonds. The molecule has 160 valence electrons. The molecule has 0 aliphatic carbocycles. The summed E-state index contributed by atoms with van der Waals surface area (Å²) in [5.74, 6) is 1.80. The second-order valence-electron chi connectivity index (χ2n) is 4.91. The molecule has 0 aromatic carbocycles. The zero-order valence-corrected chi connectivity index (χ0v) is 22.2. The number of hydrogen-bond acceptors (Lipinski definition) is 12. The Morgan fingerprint density at radius 3 is 1.39 bits per heavy atom. The van der Waals surface area contributed by atoms with Crippen molar-refractivity contribution in [1.29, 1.82) is 0 Å². The Hall–Kier alpha value is 1.86. The summed E-state index contributed by atoms with van der Waals surface area (Å²) < 4.78 is 18.9. The van der Waals surface area contributed by atoms with Crippen molar-refractivity contribution in [3.05, 3.63) is 25.4 Å². The SMILES string of the molecule is CSC1=C(SCCOCCO)S/C(=C2\SC(SC)=C(SCCOCCO)S2)S1. The van der Waals surface area contributed by atoms with E-state index in [0.29, 0.717) is 26.4 Å². The van der Waals surface area contributed by atoms with Crippen molar-refractivity contribution >= 4 is 94.1 Å². The molecule has 0 bridgehead atoms. The molecule has 12 heteroatoms. The van der Waals surface area contributed by atoms with Crippen LogP contribution in [-0.2, 0) is 9.47 Å². The molecule has 28 heavy (non-hydrogen) atoms. The highest BCUT2D eigenvalue weighted by atomic mass is 32.3. The molecule has 0 radical (unpaired) electrons. The van der Waals surface area contributed by atoms with Crippen LogP contribution in [-0.4, -0.2) is 73.9 Å². The monoisotopic (exact) mass is 536 g/mol. The maximum atomic E-state index is 8.78. The molecule has 2 aliphatic heterocycles. The Labute approximate surface area is 201 Å². The first-order valence-electron chi connectivity index (χ1n) is 8.38.